The van der Waals surface area contributed by atoms with Gasteiger partial charge in [0, 0.05) is 5.30 Å². The minimum Gasteiger partial charge on any atom is -0.370 e. The molecule has 2 atom stereocenters. The standard InChI is InChI=1S/C18H22NO4PS/c1-25-13-12-17(24(21,22)16-10-6-3-7-11-16)19-23-18(20)14-15-8-4-2-5-9-15/h2-11,17,19H,12-14H2,1H3,(H,21,22)/t17-/m1/s1. The molecule has 0 amide bonds. The van der Waals surface area contributed by atoms with E-state index in [2.05, 4.69) is 5.48 Å². The van der Waals surface area contributed by atoms with Gasteiger partial charge in [-0.1, -0.05) is 48.5 Å². The summed E-state index contributed by atoms with van der Waals surface area (Å²) in [5.74, 6) is -0.666. The number of hydrogen-bond donors (Lipinski definition) is 2. The minimum atomic E-state index is -3.73. The van der Waals surface area contributed by atoms with Gasteiger partial charge in [-0.3, -0.25) is 9.36 Å². The van der Waals surface area contributed by atoms with Gasteiger partial charge in [-0.25, -0.2) is 0 Å². The first-order valence-electron chi connectivity index (χ1n) is 7.90. The molecule has 2 aromatic rings. The molecule has 2 aromatic carbocycles. The third kappa shape index (κ3) is 6.01. The van der Waals surface area contributed by atoms with E-state index in [9.17, 15) is 14.3 Å². The molecular weight excluding hydrogens is 357 g/mol. The molecule has 0 aliphatic carbocycles. The van der Waals surface area contributed by atoms with Crippen molar-refractivity contribution >= 4 is 30.4 Å². The number of hydroxylamine groups is 1. The first-order valence-corrected chi connectivity index (χ1v) is 11.0. The van der Waals surface area contributed by atoms with Gasteiger partial charge in [-0.2, -0.15) is 11.8 Å². The molecule has 25 heavy (non-hydrogen) atoms. The van der Waals surface area contributed by atoms with Gasteiger partial charge in [0.25, 0.3) is 0 Å². The van der Waals surface area contributed by atoms with E-state index in [0.29, 0.717) is 17.5 Å². The van der Waals surface area contributed by atoms with Crippen LogP contribution in [-0.2, 0) is 20.6 Å². The van der Waals surface area contributed by atoms with E-state index in [1.807, 2.05) is 36.6 Å². The topological polar surface area (TPSA) is 75.6 Å². The highest BCUT2D eigenvalue weighted by Gasteiger charge is 2.33. The Morgan fingerprint density at radius 2 is 1.76 bits per heavy atom. The number of nitrogens with one attached hydrogen (secondary N) is 1. The molecule has 1 unspecified atom stereocenters. The summed E-state index contributed by atoms with van der Waals surface area (Å²) < 4.78 is 12.9. The van der Waals surface area contributed by atoms with Crippen LogP contribution >= 0.6 is 19.1 Å². The van der Waals surface area contributed by atoms with Crippen molar-refractivity contribution in [2.24, 2.45) is 0 Å². The molecule has 5 nitrogen and oxygen atoms in total. The van der Waals surface area contributed by atoms with Crippen molar-refractivity contribution in [3.8, 4) is 0 Å². The molecular formula is C18H22NO4PS. The van der Waals surface area contributed by atoms with Crippen molar-refractivity contribution in [2.75, 3.05) is 12.0 Å². The van der Waals surface area contributed by atoms with Crippen LogP contribution in [0, 0.1) is 0 Å². The Balaban J connectivity index is 2.02. The van der Waals surface area contributed by atoms with Crippen molar-refractivity contribution in [2.45, 2.75) is 18.6 Å². The molecule has 134 valence electrons. The molecule has 0 radical (unpaired) electrons. The number of hydrogen-bond acceptors (Lipinski definition) is 5. The monoisotopic (exact) mass is 379 g/mol. The van der Waals surface area contributed by atoms with Crippen LogP contribution in [0.5, 0.6) is 0 Å². The number of rotatable bonds is 9. The first kappa shape index (κ1) is 19.7. The Morgan fingerprint density at radius 1 is 1.16 bits per heavy atom. The summed E-state index contributed by atoms with van der Waals surface area (Å²) >= 11 is 1.57. The minimum absolute atomic E-state index is 0.101. The third-order valence-corrected chi connectivity index (χ3v) is 6.53. The molecule has 0 aromatic heterocycles. The highest BCUT2D eigenvalue weighted by Crippen LogP contribution is 2.45. The largest absolute Gasteiger partial charge is 0.370 e. The smallest absolute Gasteiger partial charge is 0.329 e. The molecule has 0 bridgehead atoms. The zero-order valence-corrected chi connectivity index (χ0v) is 15.7. The summed E-state index contributed by atoms with van der Waals surface area (Å²) in [7, 11) is -3.73. The van der Waals surface area contributed by atoms with Gasteiger partial charge in [0.15, 0.2) is 0 Å². The molecule has 2 rings (SSSR count). The third-order valence-electron chi connectivity index (χ3n) is 3.64. The number of benzene rings is 2. The highest BCUT2D eigenvalue weighted by atomic mass is 32.2. The maximum absolute atomic E-state index is 12.9. The van der Waals surface area contributed by atoms with Crippen LogP contribution in [0.2, 0.25) is 0 Å². The van der Waals surface area contributed by atoms with Crippen molar-refractivity contribution in [3.05, 3.63) is 66.2 Å². The summed E-state index contributed by atoms with van der Waals surface area (Å²) in [6.45, 7) is 0. The van der Waals surface area contributed by atoms with Crippen LogP contribution in [0.4, 0.5) is 0 Å². The van der Waals surface area contributed by atoms with Gasteiger partial charge in [0.1, 0.15) is 5.78 Å². The molecule has 7 heteroatoms. The summed E-state index contributed by atoms with van der Waals surface area (Å²) in [4.78, 5) is 27.6. The van der Waals surface area contributed by atoms with E-state index in [0.717, 1.165) is 5.56 Å². The van der Waals surface area contributed by atoms with Crippen molar-refractivity contribution in [1.29, 1.82) is 0 Å². The average Bonchev–Trinajstić information content (AvgIpc) is 2.63. The van der Waals surface area contributed by atoms with Crippen LogP contribution in [0.3, 0.4) is 0 Å². The lowest BCUT2D eigenvalue weighted by molar-refractivity contribution is -0.151. The number of thioether (sulfide) groups is 1. The normalized spacial score (nSPS) is 14.5. The lowest BCUT2D eigenvalue weighted by atomic mass is 10.2. The van der Waals surface area contributed by atoms with Gasteiger partial charge in [-0.05, 0) is 36.1 Å². The van der Waals surface area contributed by atoms with Gasteiger partial charge in [0.2, 0.25) is 7.37 Å². The fraction of sp³-hybridized carbons (Fsp3) is 0.278. The summed E-state index contributed by atoms with van der Waals surface area (Å²) in [6, 6.07) is 17.6. The Labute approximate surface area is 152 Å². The van der Waals surface area contributed by atoms with Crippen molar-refractivity contribution in [3.63, 3.8) is 0 Å². The second kappa shape index (κ2) is 9.78. The Morgan fingerprint density at radius 3 is 2.36 bits per heavy atom. The fourth-order valence-electron chi connectivity index (χ4n) is 2.29. The van der Waals surface area contributed by atoms with Gasteiger partial charge >= 0.3 is 5.97 Å². The quantitative estimate of drug-likeness (QED) is 0.515. The SMILES string of the molecule is CSCC[C@H](NOC(=O)Cc1ccccc1)P(=O)(O)c1ccccc1. The Bertz CT molecular complexity index is 712. The Kier molecular flexibility index (Phi) is 7.72. The summed E-state index contributed by atoms with van der Waals surface area (Å²) in [5, 5.41) is 0.340. The fourth-order valence-corrected chi connectivity index (χ4v) is 4.57. The van der Waals surface area contributed by atoms with Gasteiger partial charge < -0.3 is 9.73 Å². The van der Waals surface area contributed by atoms with Crippen LogP contribution in [0.25, 0.3) is 0 Å². The summed E-state index contributed by atoms with van der Waals surface area (Å²) in [6.07, 6.45) is 2.43. The maximum atomic E-state index is 12.9. The number of carbonyl (C=O) groups excluding carboxylic acids is 1. The van der Waals surface area contributed by atoms with E-state index >= 15 is 0 Å². The maximum Gasteiger partial charge on any atom is 0.329 e. The number of carbonyl (C=O) groups is 1. The second-order valence-electron chi connectivity index (χ2n) is 5.51. The average molecular weight is 379 g/mol. The zero-order valence-electron chi connectivity index (χ0n) is 14.0. The second-order valence-corrected chi connectivity index (χ2v) is 8.88. The molecule has 0 saturated carbocycles. The zero-order chi connectivity index (χ0) is 18.1. The van der Waals surface area contributed by atoms with E-state index in [1.165, 1.54) is 0 Å². The first-order chi connectivity index (χ1) is 12.0. The predicted molar refractivity (Wildman–Crippen MR) is 102 cm³/mol. The molecule has 0 heterocycles. The lowest BCUT2D eigenvalue weighted by Crippen LogP contribution is -2.35. The lowest BCUT2D eigenvalue weighted by Gasteiger charge is -2.23. The van der Waals surface area contributed by atoms with Crippen molar-refractivity contribution in [1.82, 2.24) is 5.48 Å². The van der Waals surface area contributed by atoms with Crippen LogP contribution in [0.15, 0.2) is 60.7 Å². The van der Waals surface area contributed by atoms with Crippen molar-refractivity contribution < 1.29 is 19.1 Å². The molecule has 0 aliphatic heterocycles. The Hall–Kier alpha value is -1.59. The van der Waals surface area contributed by atoms with E-state index in [-0.39, 0.29) is 6.42 Å². The summed E-state index contributed by atoms with van der Waals surface area (Å²) in [5.41, 5.74) is 3.36. The molecule has 2 N–H and O–H groups in total. The predicted octanol–water partition coefficient (Wildman–Crippen LogP) is 2.95. The van der Waals surface area contributed by atoms with E-state index < -0.39 is 19.1 Å². The van der Waals surface area contributed by atoms with Crippen LogP contribution < -0.4 is 10.8 Å². The van der Waals surface area contributed by atoms with Crippen LogP contribution in [0.1, 0.15) is 12.0 Å². The van der Waals surface area contributed by atoms with Gasteiger partial charge in [-0.15, -0.1) is 5.48 Å². The molecule has 0 spiro atoms. The molecule has 0 saturated heterocycles. The molecule has 0 fully saturated rings. The van der Waals surface area contributed by atoms with Gasteiger partial charge in [0.05, 0.1) is 6.42 Å². The highest BCUT2D eigenvalue weighted by molar-refractivity contribution is 7.98. The van der Waals surface area contributed by atoms with Crippen LogP contribution in [-0.4, -0.2) is 28.7 Å². The van der Waals surface area contributed by atoms with E-state index in [4.69, 9.17) is 4.84 Å². The molecule has 0 aliphatic rings. The van der Waals surface area contributed by atoms with E-state index in [1.54, 1.807) is 42.1 Å².